The minimum Gasteiger partial charge on any atom is -0.486 e. The van der Waals surface area contributed by atoms with Crippen LogP contribution in [0.2, 0.25) is 0 Å². The summed E-state index contributed by atoms with van der Waals surface area (Å²) in [6.45, 7) is 2.06. The van der Waals surface area contributed by atoms with E-state index in [2.05, 4.69) is 5.16 Å². The van der Waals surface area contributed by atoms with Crippen LogP contribution in [0.5, 0.6) is 5.75 Å². The molecule has 1 heterocycles. The predicted octanol–water partition coefficient (Wildman–Crippen LogP) is 3.65. The first-order valence-electron chi connectivity index (χ1n) is 7.77. The molecule has 0 unspecified atom stereocenters. The average molecular weight is 353 g/mol. The molecule has 3 aromatic carbocycles. The maximum absolute atomic E-state index is 12.3. The van der Waals surface area contributed by atoms with E-state index in [0.717, 1.165) is 21.9 Å². The molecule has 6 heteroatoms. The molecule has 1 aliphatic rings. The highest BCUT2D eigenvalue weighted by atomic mass is 32.2. The molecule has 3 aromatic rings. The number of fused-ring (bicyclic) bond motifs is 3. The molecule has 0 aromatic heterocycles. The number of hydrogen-bond donors (Lipinski definition) is 0. The van der Waals surface area contributed by atoms with Gasteiger partial charge in [-0.1, -0.05) is 53.2 Å². The molecule has 0 amide bonds. The van der Waals surface area contributed by atoms with Crippen LogP contribution in [0, 0.1) is 6.92 Å². The van der Waals surface area contributed by atoms with E-state index in [1.807, 2.05) is 43.3 Å². The van der Waals surface area contributed by atoms with Gasteiger partial charge in [0.1, 0.15) is 23.0 Å². The monoisotopic (exact) mass is 353 g/mol. The molecule has 126 valence electrons. The van der Waals surface area contributed by atoms with Gasteiger partial charge in [-0.05, 0) is 35.9 Å². The molecule has 0 saturated heterocycles. The van der Waals surface area contributed by atoms with Gasteiger partial charge in [-0.2, -0.15) is 8.42 Å². The van der Waals surface area contributed by atoms with Crippen LogP contribution in [0.4, 0.5) is 0 Å². The van der Waals surface area contributed by atoms with E-state index in [4.69, 9.17) is 9.02 Å². The number of hydrogen-bond acceptors (Lipinski definition) is 5. The van der Waals surface area contributed by atoms with Crippen molar-refractivity contribution in [3.63, 3.8) is 0 Å². The molecule has 0 spiro atoms. The minimum atomic E-state index is -3.96. The summed E-state index contributed by atoms with van der Waals surface area (Å²) >= 11 is 0. The SMILES string of the molecule is Cc1ccc(S(=O)(=O)O/N=C2\COc3ccc4ccccc4c32)cc1. The van der Waals surface area contributed by atoms with Crippen molar-refractivity contribution in [2.45, 2.75) is 11.8 Å². The number of nitrogens with zero attached hydrogens (tertiary/aromatic N) is 1. The van der Waals surface area contributed by atoms with Gasteiger partial charge in [0, 0.05) is 0 Å². The van der Waals surface area contributed by atoms with E-state index >= 15 is 0 Å². The van der Waals surface area contributed by atoms with Crippen LogP contribution in [0.15, 0.2) is 70.7 Å². The third-order valence-corrected chi connectivity index (χ3v) is 5.22. The fourth-order valence-electron chi connectivity index (χ4n) is 2.80. The summed E-state index contributed by atoms with van der Waals surface area (Å²) in [5.41, 5.74) is 2.20. The first-order valence-corrected chi connectivity index (χ1v) is 9.17. The van der Waals surface area contributed by atoms with Gasteiger partial charge in [0.05, 0.1) is 5.56 Å². The van der Waals surface area contributed by atoms with Crippen molar-refractivity contribution in [1.82, 2.24) is 0 Å². The smallest absolute Gasteiger partial charge is 0.358 e. The maximum Gasteiger partial charge on any atom is 0.358 e. The summed E-state index contributed by atoms with van der Waals surface area (Å²) in [7, 11) is -3.96. The Morgan fingerprint density at radius 1 is 1.00 bits per heavy atom. The van der Waals surface area contributed by atoms with Crippen molar-refractivity contribution in [2.75, 3.05) is 6.61 Å². The van der Waals surface area contributed by atoms with Crippen LogP contribution in [0.25, 0.3) is 10.8 Å². The van der Waals surface area contributed by atoms with Crippen LogP contribution < -0.4 is 4.74 Å². The van der Waals surface area contributed by atoms with Crippen molar-refractivity contribution in [2.24, 2.45) is 5.16 Å². The van der Waals surface area contributed by atoms with E-state index < -0.39 is 10.1 Å². The van der Waals surface area contributed by atoms with Gasteiger partial charge in [-0.25, -0.2) is 0 Å². The summed E-state index contributed by atoms with van der Waals surface area (Å²) in [6.07, 6.45) is 0. The molecule has 0 bridgehead atoms. The van der Waals surface area contributed by atoms with Crippen LogP contribution in [-0.4, -0.2) is 20.7 Å². The zero-order valence-electron chi connectivity index (χ0n) is 13.5. The zero-order chi connectivity index (χ0) is 17.4. The molecule has 5 nitrogen and oxygen atoms in total. The Hall–Kier alpha value is -2.86. The standard InChI is InChI=1S/C19H15NO4S/c1-13-6-9-15(10-7-13)25(21,22)24-20-17-12-23-18-11-8-14-4-2-3-5-16(14)19(17)18/h2-11H,12H2,1H3/b20-17+. The molecule has 0 N–H and O–H groups in total. The first-order chi connectivity index (χ1) is 12.0. The minimum absolute atomic E-state index is 0.0690. The van der Waals surface area contributed by atoms with Crippen LogP contribution in [-0.2, 0) is 14.4 Å². The fourth-order valence-corrected chi connectivity index (χ4v) is 3.55. The van der Waals surface area contributed by atoms with Gasteiger partial charge in [-0.15, -0.1) is 0 Å². The van der Waals surface area contributed by atoms with Crippen molar-refractivity contribution < 1.29 is 17.4 Å². The second kappa shape index (κ2) is 5.89. The van der Waals surface area contributed by atoms with Crippen molar-refractivity contribution in [3.05, 3.63) is 71.8 Å². The van der Waals surface area contributed by atoms with E-state index in [9.17, 15) is 8.42 Å². The first kappa shape index (κ1) is 15.7. The third kappa shape index (κ3) is 2.85. The average Bonchev–Trinajstić information content (AvgIpc) is 3.04. The summed E-state index contributed by atoms with van der Waals surface area (Å²) in [4.78, 5) is 0.0690. The van der Waals surface area contributed by atoms with E-state index in [1.165, 1.54) is 12.1 Å². The van der Waals surface area contributed by atoms with Gasteiger partial charge in [0.2, 0.25) is 0 Å². The number of ether oxygens (including phenoxy) is 1. The number of aryl methyl sites for hydroxylation is 1. The Morgan fingerprint density at radius 3 is 2.56 bits per heavy atom. The Labute approximate surface area is 145 Å². The highest BCUT2D eigenvalue weighted by molar-refractivity contribution is 7.86. The molecule has 4 rings (SSSR count). The number of oxime groups is 1. The Bertz CT molecular complexity index is 1090. The summed E-state index contributed by atoms with van der Waals surface area (Å²) in [6, 6.07) is 18.0. The second-order valence-corrected chi connectivity index (χ2v) is 7.36. The van der Waals surface area contributed by atoms with E-state index in [0.29, 0.717) is 11.5 Å². The quantitative estimate of drug-likeness (QED) is 0.674. The topological polar surface area (TPSA) is 65.0 Å². The molecule has 0 radical (unpaired) electrons. The molecule has 1 aliphatic heterocycles. The Kier molecular flexibility index (Phi) is 3.69. The Morgan fingerprint density at radius 2 is 1.76 bits per heavy atom. The van der Waals surface area contributed by atoms with Crippen LogP contribution >= 0.6 is 0 Å². The van der Waals surface area contributed by atoms with E-state index in [-0.39, 0.29) is 11.5 Å². The van der Waals surface area contributed by atoms with Gasteiger partial charge in [0.15, 0.2) is 0 Å². The maximum atomic E-state index is 12.3. The highest BCUT2D eigenvalue weighted by Gasteiger charge is 2.24. The van der Waals surface area contributed by atoms with E-state index in [1.54, 1.807) is 12.1 Å². The molecular weight excluding hydrogens is 338 g/mol. The number of rotatable bonds is 3. The lowest BCUT2D eigenvalue weighted by Gasteiger charge is -2.05. The molecule has 0 saturated carbocycles. The second-order valence-electron chi connectivity index (χ2n) is 5.83. The lowest BCUT2D eigenvalue weighted by molar-refractivity contribution is 0.332. The summed E-state index contributed by atoms with van der Waals surface area (Å²) < 4.78 is 35.1. The highest BCUT2D eigenvalue weighted by Crippen LogP contribution is 2.33. The number of benzene rings is 3. The normalized spacial score (nSPS) is 15.2. The largest absolute Gasteiger partial charge is 0.486 e. The van der Waals surface area contributed by atoms with Crippen molar-refractivity contribution in [3.8, 4) is 5.75 Å². The molecule has 0 fully saturated rings. The molecule has 0 atom stereocenters. The van der Waals surface area contributed by atoms with Crippen molar-refractivity contribution in [1.29, 1.82) is 0 Å². The van der Waals surface area contributed by atoms with Crippen LogP contribution in [0.1, 0.15) is 11.1 Å². The van der Waals surface area contributed by atoms with Gasteiger partial charge >= 0.3 is 10.1 Å². The molecule has 25 heavy (non-hydrogen) atoms. The fraction of sp³-hybridized carbons (Fsp3) is 0.105. The Balaban J connectivity index is 1.71. The molecule has 0 aliphatic carbocycles. The van der Waals surface area contributed by atoms with Gasteiger partial charge in [-0.3, -0.25) is 4.28 Å². The molecular formula is C19H15NO4S. The predicted molar refractivity (Wildman–Crippen MR) is 95.4 cm³/mol. The summed E-state index contributed by atoms with van der Waals surface area (Å²) in [5.74, 6) is 0.675. The van der Waals surface area contributed by atoms with Gasteiger partial charge < -0.3 is 4.74 Å². The third-order valence-electron chi connectivity index (χ3n) is 4.10. The summed E-state index contributed by atoms with van der Waals surface area (Å²) in [5, 5.41) is 5.87. The lowest BCUT2D eigenvalue weighted by Crippen LogP contribution is -2.08. The van der Waals surface area contributed by atoms with Gasteiger partial charge in [0.25, 0.3) is 0 Å². The lowest BCUT2D eigenvalue weighted by atomic mass is 10.0. The zero-order valence-corrected chi connectivity index (χ0v) is 14.3. The van der Waals surface area contributed by atoms with Crippen LogP contribution in [0.3, 0.4) is 0 Å². The van der Waals surface area contributed by atoms with Crippen molar-refractivity contribution >= 4 is 26.6 Å².